The van der Waals surface area contributed by atoms with Gasteiger partial charge in [-0.2, -0.15) is 0 Å². The average Bonchev–Trinajstić information content (AvgIpc) is 3.56. The van der Waals surface area contributed by atoms with E-state index in [1.807, 2.05) is 30.3 Å². The summed E-state index contributed by atoms with van der Waals surface area (Å²) in [5.41, 5.74) is 1.54. The van der Waals surface area contributed by atoms with Gasteiger partial charge in [-0.25, -0.2) is 0 Å². The number of nitrogens with zero attached hydrogens (tertiary/aromatic N) is 3. The first kappa shape index (κ1) is 20.6. The molecule has 0 aliphatic carbocycles. The molecule has 0 unspecified atom stereocenters. The summed E-state index contributed by atoms with van der Waals surface area (Å²) >= 11 is 5.69. The minimum atomic E-state index is -0.410. The fraction of sp³-hybridized carbons (Fsp3) is 0.304. The molecule has 2 aromatic heterocycles. The molecule has 164 valence electrons. The van der Waals surface area contributed by atoms with Crippen molar-refractivity contribution < 1.29 is 14.1 Å². The molecule has 1 aromatic carbocycles. The summed E-state index contributed by atoms with van der Waals surface area (Å²) in [6.45, 7) is 1.43. The Morgan fingerprint density at radius 1 is 1.22 bits per heavy atom. The van der Waals surface area contributed by atoms with Gasteiger partial charge in [0.2, 0.25) is 0 Å². The number of nitro benzene ring substituents is 1. The lowest BCUT2D eigenvalue weighted by Crippen LogP contribution is -2.36. The molecule has 4 heterocycles. The third-order valence-electron chi connectivity index (χ3n) is 5.88. The van der Waals surface area contributed by atoms with Gasteiger partial charge in [-0.3, -0.25) is 15.1 Å². The van der Waals surface area contributed by atoms with E-state index in [2.05, 4.69) is 15.2 Å². The minimum absolute atomic E-state index is 0.0236. The lowest BCUT2D eigenvalue weighted by atomic mass is 10.0. The maximum atomic E-state index is 11.2. The highest BCUT2D eigenvalue weighted by Gasteiger charge is 2.42. The number of rotatable bonds is 6. The van der Waals surface area contributed by atoms with Crippen molar-refractivity contribution in [1.82, 2.24) is 15.2 Å². The van der Waals surface area contributed by atoms with Crippen molar-refractivity contribution in [3.8, 4) is 11.3 Å². The summed E-state index contributed by atoms with van der Waals surface area (Å²) < 4.78 is 12.1. The molecule has 0 amide bonds. The van der Waals surface area contributed by atoms with Crippen molar-refractivity contribution in [2.45, 2.75) is 31.0 Å². The first-order valence-electron chi connectivity index (χ1n) is 10.5. The highest BCUT2D eigenvalue weighted by molar-refractivity contribution is 7.80. The Morgan fingerprint density at radius 2 is 2.12 bits per heavy atom. The van der Waals surface area contributed by atoms with Crippen LogP contribution in [0.3, 0.4) is 0 Å². The van der Waals surface area contributed by atoms with Gasteiger partial charge < -0.3 is 19.4 Å². The van der Waals surface area contributed by atoms with Crippen LogP contribution in [0.1, 0.15) is 36.4 Å². The predicted octanol–water partition coefficient (Wildman–Crippen LogP) is 4.40. The van der Waals surface area contributed by atoms with Crippen LogP contribution in [0.25, 0.3) is 11.3 Å². The molecule has 0 radical (unpaired) electrons. The van der Waals surface area contributed by atoms with Crippen LogP contribution in [-0.4, -0.2) is 39.2 Å². The summed E-state index contributed by atoms with van der Waals surface area (Å²) in [6, 6.07) is 15.6. The van der Waals surface area contributed by atoms with Crippen molar-refractivity contribution in [2.24, 2.45) is 0 Å². The maximum absolute atomic E-state index is 11.2. The van der Waals surface area contributed by atoms with Crippen LogP contribution in [0.2, 0.25) is 0 Å². The highest BCUT2D eigenvalue weighted by Crippen LogP contribution is 2.41. The molecule has 3 atom stereocenters. The highest BCUT2D eigenvalue weighted by atomic mass is 32.1. The predicted molar refractivity (Wildman–Crippen MR) is 122 cm³/mol. The van der Waals surface area contributed by atoms with Crippen LogP contribution in [-0.2, 0) is 4.74 Å². The molecular formula is C23H22N4O4S. The number of hydrogen-bond donors (Lipinski definition) is 1. The van der Waals surface area contributed by atoms with E-state index in [-0.39, 0.29) is 23.9 Å². The van der Waals surface area contributed by atoms with Crippen molar-refractivity contribution in [1.29, 1.82) is 0 Å². The quantitative estimate of drug-likeness (QED) is 0.336. The van der Waals surface area contributed by atoms with Gasteiger partial charge in [0.15, 0.2) is 5.11 Å². The van der Waals surface area contributed by atoms with E-state index in [1.165, 1.54) is 12.1 Å². The Kier molecular flexibility index (Phi) is 5.59. The largest absolute Gasteiger partial charge is 0.459 e. The molecular weight excluding hydrogens is 428 g/mol. The van der Waals surface area contributed by atoms with Crippen molar-refractivity contribution in [2.75, 3.05) is 13.2 Å². The third-order valence-corrected chi connectivity index (χ3v) is 6.23. The van der Waals surface area contributed by atoms with Crippen LogP contribution < -0.4 is 5.32 Å². The maximum Gasteiger partial charge on any atom is 0.270 e. The molecule has 2 aliphatic rings. The van der Waals surface area contributed by atoms with E-state index in [1.54, 1.807) is 18.3 Å². The normalized spacial score (nSPS) is 22.8. The third kappa shape index (κ3) is 3.96. The number of thiocarbonyl (C=S) groups is 1. The Bertz CT molecular complexity index is 1130. The van der Waals surface area contributed by atoms with Crippen molar-refractivity contribution >= 4 is 23.0 Å². The molecule has 2 aliphatic heterocycles. The fourth-order valence-electron chi connectivity index (χ4n) is 4.36. The summed E-state index contributed by atoms with van der Waals surface area (Å²) in [5, 5.41) is 15.2. The molecule has 0 spiro atoms. The smallest absolute Gasteiger partial charge is 0.270 e. The van der Waals surface area contributed by atoms with Crippen LogP contribution in [0.15, 0.2) is 65.2 Å². The first-order valence-corrected chi connectivity index (χ1v) is 11.0. The zero-order chi connectivity index (χ0) is 22.1. The second-order valence-corrected chi connectivity index (χ2v) is 8.31. The summed E-state index contributed by atoms with van der Waals surface area (Å²) in [4.78, 5) is 17.4. The van der Waals surface area contributed by atoms with Gasteiger partial charge >= 0.3 is 0 Å². The zero-order valence-electron chi connectivity index (χ0n) is 17.2. The summed E-state index contributed by atoms with van der Waals surface area (Å²) in [7, 11) is 0. The fourth-order valence-corrected chi connectivity index (χ4v) is 4.67. The molecule has 2 fully saturated rings. The van der Waals surface area contributed by atoms with Gasteiger partial charge in [-0.15, -0.1) is 0 Å². The topological polar surface area (TPSA) is 93.7 Å². The van der Waals surface area contributed by atoms with Crippen LogP contribution in [0.5, 0.6) is 0 Å². The number of hydrogen-bond acceptors (Lipinski definition) is 6. The standard InChI is InChI=1S/C23H22N4O4S/c28-27(29)16-6-3-5-15(13-16)19-9-10-20(31-19)22-21(18-8-1-2-11-24-18)25-23(32)26(22)14-17-7-4-12-30-17/h1-3,5-6,8-11,13,17,21-22H,4,7,12,14H2,(H,25,32)/t17-,21+,22+/m0/s1. The molecule has 0 bridgehead atoms. The zero-order valence-corrected chi connectivity index (χ0v) is 18.0. The molecule has 9 heteroatoms. The van der Waals surface area contributed by atoms with Gasteiger partial charge in [0.05, 0.1) is 22.8 Å². The number of nitro groups is 1. The van der Waals surface area contributed by atoms with Gasteiger partial charge in [0.25, 0.3) is 5.69 Å². The molecule has 0 saturated carbocycles. The Hall–Kier alpha value is -3.30. The summed E-state index contributed by atoms with van der Waals surface area (Å²) in [5.74, 6) is 1.28. The average molecular weight is 451 g/mol. The second kappa shape index (κ2) is 8.68. The lowest BCUT2D eigenvalue weighted by Gasteiger charge is -2.28. The van der Waals surface area contributed by atoms with E-state index in [0.717, 1.165) is 25.1 Å². The number of nitrogens with one attached hydrogen (secondary N) is 1. The monoisotopic (exact) mass is 450 g/mol. The Morgan fingerprint density at radius 3 is 2.88 bits per heavy atom. The number of furan rings is 1. The Labute approximate surface area is 190 Å². The SMILES string of the molecule is O=[N+]([O-])c1cccc(-c2ccc([C@@H]3[C@@H](c4ccccn4)NC(=S)N3C[C@@H]3CCCO3)o2)c1. The van der Waals surface area contributed by atoms with Crippen molar-refractivity contribution in [3.63, 3.8) is 0 Å². The van der Waals surface area contributed by atoms with E-state index in [0.29, 0.717) is 28.7 Å². The lowest BCUT2D eigenvalue weighted by molar-refractivity contribution is -0.384. The molecule has 1 N–H and O–H groups in total. The number of ether oxygens (including phenoxy) is 1. The molecule has 32 heavy (non-hydrogen) atoms. The van der Waals surface area contributed by atoms with Crippen LogP contribution in [0, 0.1) is 10.1 Å². The van der Waals surface area contributed by atoms with Crippen LogP contribution in [0.4, 0.5) is 5.69 Å². The Balaban J connectivity index is 1.50. The van der Waals surface area contributed by atoms with E-state index < -0.39 is 4.92 Å². The first-order chi connectivity index (χ1) is 15.6. The van der Waals surface area contributed by atoms with E-state index in [9.17, 15) is 10.1 Å². The van der Waals surface area contributed by atoms with E-state index >= 15 is 0 Å². The second-order valence-electron chi connectivity index (χ2n) is 7.92. The van der Waals surface area contributed by atoms with Gasteiger partial charge in [-0.1, -0.05) is 18.2 Å². The van der Waals surface area contributed by atoms with Gasteiger partial charge in [0, 0.05) is 37.0 Å². The number of aromatic nitrogens is 1. The number of non-ortho nitro benzene ring substituents is 1. The van der Waals surface area contributed by atoms with Gasteiger partial charge in [-0.05, 0) is 49.3 Å². The van der Waals surface area contributed by atoms with Crippen LogP contribution >= 0.6 is 12.2 Å². The molecule has 2 saturated heterocycles. The number of benzene rings is 1. The minimum Gasteiger partial charge on any atom is -0.459 e. The molecule has 3 aromatic rings. The van der Waals surface area contributed by atoms with E-state index in [4.69, 9.17) is 21.4 Å². The molecule has 5 rings (SSSR count). The summed E-state index contributed by atoms with van der Waals surface area (Å²) in [6.07, 6.45) is 3.92. The van der Waals surface area contributed by atoms with Crippen molar-refractivity contribution in [3.05, 3.63) is 82.4 Å². The number of pyridine rings is 1. The van der Waals surface area contributed by atoms with Gasteiger partial charge in [0.1, 0.15) is 17.6 Å². The molecule has 8 nitrogen and oxygen atoms in total.